The molecule has 0 radical (unpaired) electrons. The number of nitrogens with one attached hydrogen (secondary N) is 2. The van der Waals surface area contributed by atoms with Crippen LogP contribution >= 0.6 is 0 Å². The molecule has 1 aromatic heterocycles. The number of hydrogen-bond acceptors (Lipinski definition) is 5. The molecule has 0 unspecified atom stereocenters. The van der Waals surface area contributed by atoms with Gasteiger partial charge in [0.2, 0.25) is 0 Å². The number of carbonyl (C=O) groups is 1. The van der Waals surface area contributed by atoms with Crippen LogP contribution in [0.4, 0.5) is 21.6 Å². The van der Waals surface area contributed by atoms with Crippen molar-refractivity contribution >= 4 is 23.1 Å². The van der Waals surface area contributed by atoms with Crippen LogP contribution in [0.5, 0.6) is 11.5 Å². The van der Waals surface area contributed by atoms with Crippen molar-refractivity contribution in [3.8, 4) is 11.5 Å². The number of pyridine rings is 1. The summed E-state index contributed by atoms with van der Waals surface area (Å²) in [6.07, 6.45) is 1.47. The zero-order chi connectivity index (χ0) is 18.6. The monoisotopic (exact) mass is 365 g/mol. The fourth-order valence-electron chi connectivity index (χ4n) is 2.61. The number of benzene rings is 2. The second kappa shape index (κ2) is 7.33. The summed E-state index contributed by atoms with van der Waals surface area (Å²) >= 11 is 0. The topological polar surface area (TPSA) is 72.5 Å². The third kappa shape index (κ3) is 3.98. The number of carbonyl (C=O) groups excluding carboxylic acids is 1. The predicted octanol–water partition coefficient (Wildman–Crippen LogP) is 3.99. The Morgan fingerprint density at radius 2 is 1.67 bits per heavy atom. The molecule has 1 amide bonds. The minimum atomic E-state index is -0.306. The molecule has 2 aromatic carbocycles. The normalized spacial score (nSPS) is 12.3. The van der Waals surface area contributed by atoms with Gasteiger partial charge in [0.1, 0.15) is 24.8 Å². The van der Waals surface area contributed by atoms with Crippen molar-refractivity contribution in [2.75, 3.05) is 23.8 Å². The molecule has 27 heavy (non-hydrogen) atoms. The van der Waals surface area contributed by atoms with Gasteiger partial charge in [-0.05, 0) is 48.5 Å². The fraction of sp³-hybridized carbons (Fsp3) is 0.100. The Hall–Kier alpha value is -3.61. The van der Waals surface area contributed by atoms with Crippen LogP contribution < -0.4 is 20.1 Å². The smallest absolute Gasteiger partial charge is 0.257 e. The molecule has 0 saturated carbocycles. The lowest BCUT2D eigenvalue weighted by Gasteiger charge is -2.19. The molecule has 4 rings (SSSR count). The number of amides is 1. The summed E-state index contributed by atoms with van der Waals surface area (Å²) in [6, 6.07) is 14.5. The van der Waals surface area contributed by atoms with Crippen LogP contribution in [-0.2, 0) is 0 Å². The Morgan fingerprint density at radius 3 is 2.41 bits per heavy atom. The van der Waals surface area contributed by atoms with Gasteiger partial charge in [-0.25, -0.2) is 9.37 Å². The molecule has 0 atom stereocenters. The second-order valence-corrected chi connectivity index (χ2v) is 5.88. The molecule has 0 fully saturated rings. The Kier molecular flexibility index (Phi) is 4.57. The highest BCUT2D eigenvalue weighted by atomic mass is 19.1. The van der Waals surface area contributed by atoms with Gasteiger partial charge in [-0.3, -0.25) is 4.79 Å². The van der Waals surface area contributed by atoms with E-state index in [0.29, 0.717) is 47.5 Å². The number of hydrogen-bond donors (Lipinski definition) is 2. The molecule has 3 aromatic rings. The molecular formula is C20H16FN3O3. The molecule has 0 saturated heterocycles. The lowest BCUT2D eigenvalue weighted by atomic mass is 10.2. The number of anilines is 3. The molecule has 0 spiro atoms. The average Bonchev–Trinajstić information content (AvgIpc) is 2.70. The van der Waals surface area contributed by atoms with Crippen LogP contribution in [0, 0.1) is 5.82 Å². The summed E-state index contributed by atoms with van der Waals surface area (Å²) in [4.78, 5) is 16.6. The second-order valence-electron chi connectivity index (χ2n) is 5.88. The quantitative estimate of drug-likeness (QED) is 0.731. The Morgan fingerprint density at radius 1 is 0.926 bits per heavy atom. The van der Waals surface area contributed by atoms with E-state index in [1.807, 2.05) is 0 Å². The number of rotatable bonds is 4. The molecule has 0 bridgehead atoms. The maximum atomic E-state index is 12.9. The summed E-state index contributed by atoms with van der Waals surface area (Å²) in [7, 11) is 0. The van der Waals surface area contributed by atoms with Crippen LogP contribution in [0.1, 0.15) is 10.4 Å². The zero-order valence-electron chi connectivity index (χ0n) is 14.2. The minimum Gasteiger partial charge on any atom is -0.486 e. The van der Waals surface area contributed by atoms with Gasteiger partial charge in [-0.1, -0.05) is 0 Å². The van der Waals surface area contributed by atoms with Crippen molar-refractivity contribution < 1.29 is 18.7 Å². The maximum Gasteiger partial charge on any atom is 0.257 e. The Labute approximate surface area is 155 Å². The summed E-state index contributed by atoms with van der Waals surface area (Å²) < 4.78 is 23.9. The molecule has 0 aliphatic carbocycles. The number of nitrogens with zero attached hydrogens (tertiary/aromatic N) is 1. The predicted molar refractivity (Wildman–Crippen MR) is 99.3 cm³/mol. The van der Waals surface area contributed by atoms with Crippen molar-refractivity contribution in [2.24, 2.45) is 0 Å². The van der Waals surface area contributed by atoms with E-state index < -0.39 is 0 Å². The van der Waals surface area contributed by atoms with Gasteiger partial charge >= 0.3 is 0 Å². The zero-order valence-corrected chi connectivity index (χ0v) is 14.2. The van der Waals surface area contributed by atoms with Gasteiger partial charge in [0.25, 0.3) is 5.91 Å². The van der Waals surface area contributed by atoms with E-state index in [-0.39, 0.29) is 11.7 Å². The van der Waals surface area contributed by atoms with Crippen molar-refractivity contribution in [3.05, 3.63) is 72.2 Å². The van der Waals surface area contributed by atoms with Gasteiger partial charge in [0.15, 0.2) is 11.5 Å². The first-order valence-corrected chi connectivity index (χ1v) is 8.37. The summed E-state index contributed by atoms with van der Waals surface area (Å²) in [6.45, 7) is 1.000. The fourth-order valence-corrected chi connectivity index (χ4v) is 2.61. The molecule has 7 heteroatoms. The van der Waals surface area contributed by atoms with Crippen molar-refractivity contribution in [3.63, 3.8) is 0 Å². The lowest BCUT2D eigenvalue weighted by molar-refractivity contribution is 0.102. The third-order valence-corrected chi connectivity index (χ3v) is 3.94. The van der Waals surface area contributed by atoms with E-state index in [1.54, 1.807) is 42.5 Å². The SMILES string of the molecule is O=C(Nc1ccc2c(c1)OCCO2)c1ccc(Nc2ccc(F)cc2)nc1. The number of halogens is 1. The van der Waals surface area contributed by atoms with Crippen LogP contribution in [0.25, 0.3) is 0 Å². The summed E-state index contributed by atoms with van der Waals surface area (Å²) in [5.41, 5.74) is 1.73. The van der Waals surface area contributed by atoms with Gasteiger partial charge in [-0.15, -0.1) is 0 Å². The lowest BCUT2D eigenvalue weighted by Crippen LogP contribution is -2.16. The molecule has 2 N–H and O–H groups in total. The first-order chi connectivity index (χ1) is 13.2. The average molecular weight is 365 g/mol. The molecular weight excluding hydrogens is 349 g/mol. The third-order valence-electron chi connectivity index (χ3n) is 3.94. The highest BCUT2D eigenvalue weighted by Gasteiger charge is 2.13. The summed E-state index contributed by atoms with van der Waals surface area (Å²) in [5.74, 6) is 1.23. The first-order valence-electron chi connectivity index (χ1n) is 8.37. The van der Waals surface area contributed by atoms with Crippen LogP contribution in [0.15, 0.2) is 60.8 Å². The highest BCUT2D eigenvalue weighted by Crippen LogP contribution is 2.32. The maximum absolute atomic E-state index is 12.9. The van der Waals surface area contributed by atoms with Gasteiger partial charge in [-0.2, -0.15) is 0 Å². The standard InChI is InChI=1S/C20H16FN3O3/c21-14-2-4-15(5-3-14)23-19-8-1-13(12-22-19)20(25)24-16-6-7-17-18(11-16)27-10-9-26-17/h1-8,11-12H,9-10H2,(H,22,23)(H,24,25). The largest absolute Gasteiger partial charge is 0.486 e. The minimum absolute atomic E-state index is 0.285. The van der Waals surface area contributed by atoms with E-state index in [9.17, 15) is 9.18 Å². The van der Waals surface area contributed by atoms with E-state index in [4.69, 9.17) is 9.47 Å². The highest BCUT2D eigenvalue weighted by molar-refractivity contribution is 6.04. The van der Waals surface area contributed by atoms with E-state index in [2.05, 4.69) is 15.6 Å². The van der Waals surface area contributed by atoms with Gasteiger partial charge < -0.3 is 20.1 Å². The number of aromatic nitrogens is 1. The summed E-state index contributed by atoms with van der Waals surface area (Å²) in [5, 5.41) is 5.85. The van der Waals surface area contributed by atoms with Crippen LogP contribution in [0.2, 0.25) is 0 Å². The van der Waals surface area contributed by atoms with Crippen LogP contribution in [0.3, 0.4) is 0 Å². The van der Waals surface area contributed by atoms with Crippen molar-refractivity contribution in [2.45, 2.75) is 0 Å². The Balaban J connectivity index is 1.42. The molecule has 136 valence electrons. The number of ether oxygens (including phenoxy) is 2. The van der Waals surface area contributed by atoms with Crippen molar-refractivity contribution in [1.29, 1.82) is 0 Å². The number of fused-ring (bicyclic) bond motifs is 1. The Bertz CT molecular complexity index is 959. The molecule has 6 nitrogen and oxygen atoms in total. The van der Waals surface area contributed by atoms with E-state index in [0.717, 1.165) is 0 Å². The van der Waals surface area contributed by atoms with E-state index >= 15 is 0 Å². The van der Waals surface area contributed by atoms with E-state index in [1.165, 1.54) is 18.3 Å². The van der Waals surface area contributed by atoms with Gasteiger partial charge in [0.05, 0.1) is 5.56 Å². The van der Waals surface area contributed by atoms with Gasteiger partial charge in [0, 0.05) is 23.6 Å². The molecule has 1 aliphatic heterocycles. The van der Waals surface area contributed by atoms with Crippen LogP contribution in [-0.4, -0.2) is 24.1 Å². The molecule has 2 heterocycles. The van der Waals surface area contributed by atoms with Crippen molar-refractivity contribution in [1.82, 2.24) is 4.98 Å². The first kappa shape index (κ1) is 16.8. The molecule has 1 aliphatic rings.